The summed E-state index contributed by atoms with van der Waals surface area (Å²) in [5.41, 5.74) is 0. The Labute approximate surface area is 154 Å². The molecule has 0 heterocycles. The molecule has 0 amide bonds. The van der Waals surface area contributed by atoms with Crippen LogP contribution in [0, 0.1) is 17.8 Å². The van der Waals surface area contributed by atoms with Gasteiger partial charge in [-0.3, -0.25) is 9.59 Å². The van der Waals surface area contributed by atoms with Gasteiger partial charge in [0.2, 0.25) is 0 Å². The Bertz CT molecular complexity index is 384. The van der Waals surface area contributed by atoms with Crippen molar-refractivity contribution >= 4 is 51.0 Å². The first-order valence-electron chi connectivity index (χ1n) is 8.28. The summed E-state index contributed by atoms with van der Waals surface area (Å²) < 4.78 is 5.43. The highest BCUT2D eigenvalue weighted by Crippen LogP contribution is 2.42. The lowest BCUT2D eigenvalue weighted by Gasteiger charge is -2.18. The zero-order chi connectivity index (χ0) is 17.2. The van der Waals surface area contributed by atoms with E-state index in [0.29, 0.717) is 29.4 Å². The van der Waals surface area contributed by atoms with Gasteiger partial charge in [0.25, 0.3) is 0 Å². The van der Waals surface area contributed by atoms with Crippen LogP contribution in [0.25, 0.3) is 0 Å². The lowest BCUT2D eigenvalue weighted by atomic mass is 9.91. The van der Waals surface area contributed by atoms with Gasteiger partial charge in [0.1, 0.15) is 0 Å². The first-order chi connectivity index (χ1) is 10.9. The molecule has 0 radical (unpaired) electrons. The van der Waals surface area contributed by atoms with Crippen LogP contribution in [-0.4, -0.2) is 33.4 Å². The van der Waals surface area contributed by atoms with Gasteiger partial charge >= 0.3 is 0 Å². The number of hydrogen-bond acceptors (Lipinski definition) is 6. The van der Waals surface area contributed by atoms with Crippen LogP contribution in [0.2, 0.25) is 0 Å². The van der Waals surface area contributed by atoms with E-state index in [9.17, 15) is 9.59 Å². The molecule has 6 heteroatoms. The highest BCUT2D eigenvalue weighted by molar-refractivity contribution is 8.13. The smallest absolute Gasteiger partial charge is 0.185 e. The second-order valence-corrected chi connectivity index (χ2v) is 9.36. The van der Waals surface area contributed by atoms with Crippen LogP contribution in [0.3, 0.4) is 0 Å². The first kappa shape index (κ1) is 21.0. The predicted octanol–water partition coefficient (Wildman–Crippen LogP) is 4.72. The molecule has 0 aromatic heterocycles. The Morgan fingerprint density at radius 2 is 1.43 bits per heavy atom. The van der Waals surface area contributed by atoms with Crippen molar-refractivity contribution in [1.29, 1.82) is 0 Å². The molecule has 1 aliphatic carbocycles. The molecule has 1 aliphatic rings. The lowest BCUT2D eigenvalue weighted by Crippen LogP contribution is -2.10. The van der Waals surface area contributed by atoms with Gasteiger partial charge in [0, 0.05) is 32.3 Å². The zero-order valence-corrected chi connectivity index (χ0v) is 16.8. The van der Waals surface area contributed by atoms with Crippen molar-refractivity contribution in [2.75, 3.05) is 18.1 Å². The first-order valence-corrected chi connectivity index (χ1v) is 10.7. The van der Waals surface area contributed by atoms with Crippen LogP contribution in [0.15, 0.2) is 0 Å². The standard InChI is InChI=1S/C17H28O3S3/c1-12(18)22-8-5-16-10-15(4-7-20-14(3)21)11-17(16)6-9-23-13(2)19/h15-17H,4-11H2,1-3H3/t15?,16-,17?/m1/s1. The zero-order valence-electron chi connectivity index (χ0n) is 14.3. The monoisotopic (exact) mass is 376 g/mol. The number of carbonyl (C=O) groups is 2. The molecule has 1 fully saturated rings. The molecular weight excluding hydrogens is 348 g/mol. The van der Waals surface area contributed by atoms with E-state index in [1.54, 1.807) is 13.8 Å². The molecule has 2 unspecified atom stereocenters. The maximum absolute atomic E-state index is 11.1. The van der Waals surface area contributed by atoms with Crippen molar-refractivity contribution in [2.24, 2.45) is 17.8 Å². The van der Waals surface area contributed by atoms with E-state index in [2.05, 4.69) is 0 Å². The minimum atomic E-state index is 0.202. The summed E-state index contributed by atoms with van der Waals surface area (Å²) in [5, 5.41) is 1.02. The molecule has 0 aromatic carbocycles. The third-order valence-corrected chi connectivity index (χ3v) is 6.17. The van der Waals surface area contributed by atoms with Crippen molar-refractivity contribution in [3.63, 3.8) is 0 Å². The third kappa shape index (κ3) is 9.72. The van der Waals surface area contributed by atoms with Gasteiger partial charge in [0.15, 0.2) is 15.3 Å². The Hall–Kier alpha value is -0.0700. The van der Waals surface area contributed by atoms with E-state index in [-0.39, 0.29) is 10.2 Å². The molecular formula is C17H28O3S3. The van der Waals surface area contributed by atoms with E-state index in [0.717, 1.165) is 30.8 Å². The molecule has 132 valence electrons. The van der Waals surface area contributed by atoms with Crippen LogP contribution < -0.4 is 0 Å². The number of hydrogen-bond donors (Lipinski definition) is 0. The summed E-state index contributed by atoms with van der Waals surface area (Å²) in [4.78, 5) is 22.2. The second kappa shape index (κ2) is 11.5. The number of thioether (sulfide) groups is 2. The summed E-state index contributed by atoms with van der Waals surface area (Å²) in [6.07, 6.45) is 5.69. The molecule has 0 aromatic rings. The average molecular weight is 377 g/mol. The summed E-state index contributed by atoms with van der Waals surface area (Å²) in [6.45, 7) is 5.79. The number of carbonyl (C=O) groups excluding carboxylic acids is 2. The second-order valence-electron chi connectivity index (χ2n) is 6.24. The average Bonchev–Trinajstić information content (AvgIpc) is 2.80. The molecule has 0 aliphatic heterocycles. The van der Waals surface area contributed by atoms with Gasteiger partial charge in [0.05, 0.1) is 6.61 Å². The molecule has 23 heavy (non-hydrogen) atoms. The van der Waals surface area contributed by atoms with Crippen LogP contribution in [0.1, 0.15) is 52.9 Å². The van der Waals surface area contributed by atoms with Crippen LogP contribution in [0.5, 0.6) is 0 Å². The van der Waals surface area contributed by atoms with Crippen molar-refractivity contribution < 1.29 is 14.3 Å². The van der Waals surface area contributed by atoms with Crippen molar-refractivity contribution in [1.82, 2.24) is 0 Å². The van der Waals surface area contributed by atoms with Crippen molar-refractivity contribution in [3.05, 3.63) is 0 Å². The lowest BCUT2D eigenvalue weighted by molar-refractivity contribution is -0.109. The largest absolute Gasteiger partial charge is 0.487 e. The van der Waals surface area contributed by atoms with E-state index in [1.807, 2.05) is 6.92 Å². The fourth-order valence-corrected chi connectivity index (χ4v) is 4.86. The third-order valence-electron chi connectivity index (χ3n) is 4.36. The molecule has 3 nitrogen and oxygen atoms in total. The number of ether oxygens (including phenoxy) is 1. The maximum Gasteiger partial charge on any atom is 0.185 e. The number of rotatable bonds is 9. The molecule has 3 atom stereocenters. The fraction of sp³-hybridized carbons (Fsp3) is 0.824. The Kier molecular flexibility index (Phi) is 10.5. The van der Waals surface area contributed by atoms with Gasteiger partial charge < -0.3 is 4.74 Å². The van der Waals surface area contributed by atoms with Gasteiger partial charge in [-0.05, 0) is 62.1 Å². The van der Waals surface area contributed by atoms with Gasteiger partial charge in [-0.2, -0.15) is 0 Å². The molecule has 0 spiro atoms. The summed E-state index contributed by atoms with van der Waals surface area (Å²) in [7, 11) is 0. The summed E-state index contributed by atoms with van der Waals surface area (Å²) in [5.74, 6) is 3.86. The van der Waals surface area contributed by atoms with Gasteiger partial charge in [-0.25, -0.2) is 0 Å². The van der Waals surface area contributed by atoms with Gasteiger partial charge in [-0.1, -0.05) is 23.5 Å². The Balaban J connectivity index is 2.42. The van der Waals surface area contributed by atoms with E-state index in [4.69, 9.17) is 17.0 Å². The van der Waals surface area contributed by atoms with Crippen molar-refractivity contribution in [3.8, 4) is 0 Å². The summed E-state index contributed by atoms with van der Waals surface area (Å²) >= 11 is 7.82. The highest BCUT2D eigenvalue weighted by Gasteiger charge is 2.33. The molecule has 0 saturated heterocycles. The molecule has 1 saturated carbocycles. The van der Waals surface area contributed by atoms with E-state index < -0.39 is 0 Å². The van der Waals surface area contributed by atoms with E-state index in [1.165, 1.54) is 36.4 Å². The topological polar surface area (TPSA) is 43.4 Å². The molecule has 1 rings (SSSR count). The van der Waals surface area contributed by atoms with Gasteiger partial charge in [-0.15, -0.1) is 0 Å². The Morgan fingerprint density at radius 1 is 0.957 bits per heavy atom. The maximum atomic E-state index is 11.1. The number of thiocarbonyl (C=S) groups is 1. The quantitative estimate of drug-likeness (QED) is 0.542. The van der Waals surface area contributed by atoms with Crippen LogP contribution >= 0.6 is 35.7 Å². The summed E-state index contributed by atoms with van der Waals surface area (Å²) in [6, 6.07) is 0. The molecule has 0 bridgehead atoms. The minimum absolute atomic E-state index is 0.202. The molecule has 0 N–H and O–H groups in total. The minimum Gasteiger partial charge on any atom is -0.487 e. The fourth-order valence-electron chi connectivity index (χ4n) is 3.36. The normalized spacial score (nSPS) is 23.7. The predicted molar refractivity (Wildman–Crippen MR) is 104 cm³/mol. The highest BCUT2D eigenvalue weighted by atomic mass is 32.2. The van der Waals surface area contributed by atoms with Crippen LogP contribution in [-0.2, 0) is 14.3 Å². The Morgan fingerprint density at radius 3 is 1.83 bits per heavy atom. The van der Waals surface area contributed by atoms with Crippen LogP contribution in [0.4, 0.5) is 0 Å². The van der Waals surface area contributed by atoms with Crippen molar-refractivity contribution in [2.45, 2.75) is 52.9 Å². The SMILES string of the molecule is CC(=O)SCCC1CC(CCOC(C)=S)C[C@H]1CCSC(C)=O. The van der Waals surface area contributed by atoms with E-state index >= 15 is 0 Å².